The summed E-state index contributed by atoms with van der Waals surface area (Å²) in [5.74, 6) is 0.0103. The van der Waals surface area contributed by atoms with E-state index in [1.165, 1.54) is 0 Å². The van der Waals surface area contributed by atoms with Crippen LogP contribution in [0.15, 0.2) is 18.6 Å². The third-order valence-electron chi connectivity index (χ3n) is 3.01. The largest absolute Gasteiger partial charge is 0.377 e. The number of rotatable bonds is 6. The van der Waals surface area contributed by atoms with Crippen LogP contribution in [0.25, 0.3) is 0 Å². The summed E-state index contributed by atoms with van der Waals surface area (Å²) in [6, 6.07) is 0.382. The maximum Gasteiger partial charge on any atom is 0.241 e. The summed E-state index contributed by atoms with van der Waals surface area (Å²) in [4.78, 5) is 11.6. The van der Waals surface area contributed by atoms with Crippen LogP contribution in [0.3, 0.4) is 0 Å². The van der Waals surface area contributed by atoms with Gasteiger partial charge < -0.3 is 10.6 Å². The van der Waals surface area contributed by atoms with Crippen molar-refractivity contribution >= 4 is 11.6 Å². The van der Waals surface area contributed by atoms with Crippen LogP contribution in [0, 0.1) is 0 Å². The molecule has 0 unspecified atom stereocenters. The predicted octanol–water partition coefficient (Wildman–Crippen LogP) is -0.0977. The Hall–Kier alpha value is -2.38. The van der Waals surface area contributed by atoms with E-state index in [4.69, 9.17) is 0 Å². The number of aryl methyl sites for hydroxylation is 1. The number of anilines is 1. The minimum absolute atomic E-state index is 0.0103. The van der Waals surface area contributed by atoms with Gasteiger partial charge in [0, 0.05) is 25.5 Å². The highest BCUT2D eigenvalue weighted by Gasteiger charge is 2.23. The van der Waals surface area contributed by atoms with Crippen LogP contribution in [0.4, 0.5) is 5.69 Å². The normalized spacial score (nSPS) is 14.2. The van der Waals surface area contributed by atoms with E-state index < -0.39 is 0 Å². The Labute approximate surface area is 116 Å². The number of nitrogens with one attached hydrogen (secondary N) is 2. The molecule has 20 heavy (non-hydrogen) atoms. The zero-order valence-corrected chi connectivity index (χ0v) is 11.3. The number of hydrogen-bond acceptors (Lipinski definition) is 5. The molecule has 106 valence electrons. The fraction of sp³-hybridized carbons (Fsp3) is 0.500. The second-order valence-electron chi connectivity index (χ2n) is 5.01. The van der Waals surface area contributed by atoms with Gasteiger partial charge in [-0.05, 0) is 12.8 Å². The summed E-state index contributed by atoms with van der Waals surface area (Å²) in [5, 5.41) is 18.1. The van der Waals surface area contributed by atoms with E-state index in [9.17, 15) is 4.79 Å². The summed E-state index contributed by atoms with van der Waals surface area (Å²) in [6.45, 7) is 0.830. The molecule has 1 amide bonds. The molecule has 8 heteroatoms. The first kappa shape index (κ1) is 12.6. The van der Waals surface area contributed by atoms with Gasteiger partial charge in [0.15, 0.2) is 0 Å². The Morgan fingerprint density at radius 1 is 1.45 bits per heavy atom. The molecule has 0 aliphatic heterocycles. The number of carbonyl (C=O) groups excluding carboxylic acids is 1. The lowest BCUT2D eigenvalue weighted by Gasteiger charge is -2.03. The Morgan fingerprint density at radius 3 is 3.00 bits per heavy atom. The average molecular weight is 275 g/mol. The highest BCUT2D eigenvalue weighted by Crippen LogP contribution is 2.18. The van der Waals surface area contributed by atoms with E-state index in [0.717, 1.165) is 24.2 Å². The SMILES string of the molecule is Cn1cc(CNc2cnn(CC(=O)NC3CC3)c2)nn1. The summed E-state index contributed by atoms with van der Waals surface area (Å²) < 4.78 is 3.28. The Bertz CT molecular complexity index is 598. The van der Waals surface area contributed by atoms with Gasteiger partial charge in [-0.25, -0.2) is 0 Å². The summed E-state index contributed by atoms with van der Waals surface area (Å²) >= 11 is 0. The van der Waals surface area contributed by atoms with Crippen LogP contribution in [-0.4, -0.2) is 36.7 Å². The lowest BCUT2D eigenvalue weighted by atomic mass is 10.4. The molecule has 2 aromatic heterocycles. The molecule has 3 rings (SSSR count). The third-order valence-corrected chi connectivity index (χ3v) is 3.01. The molecule has 2 N–H and O–H groups in total. The summed E-state index contributed by atoms with van der Waals surface area (Å²) in [5.41, 5.74) is 1.71. The first-order valence-electron chi connectivity index (χ1n) is 6.60. The molecule has 0 bridgehead atoms. The van der Waals surface area contributed by atoms with Gasteiger partial charge in [-0.15, -0.1) is 5.10 Å². The van der Waals surface area contributed by atoms with Gasteiger partial charge in [0.2, 0.25) is 5.91 Å². The van der Waals surface area contributed by atoms with E-state index in [1.54, 1.807) is 15.6 Å². The Morgan fingerprint density at radius 2 is 2.30 bits per heavy atom. The highest BCUT2D eigenvalue weighted by molar-refractivity contribution is 5.76. The van der Waals surface area contributed by atoms with Gasteiger partial charge in [0.05, 0.1) is 18.4 Å². The zero-order valence-electron chi connectivity index (χ0n) is 11.3. The molecule has 0 atom stereocenters. The number of aromatic nitrogens is 5. The van der Waals surface area contributed by atoms with E-state index >= 15 is 0 Å². The molecule has 0 radical (unpaired) electrons. The molecule has 1 aliphatic carbocycles. The van der Waals surface area contributed by atoms with Crippen molar-refractivity contribution in [2.75, 3.05) is 5.32 Å². The molecule has 2 heterocycles. The molecular formula is C12H17N7O. The van der Waals surface area contributed by atoms with Crippen LogP contribution in [0.5, 0.6) is 0 Å². The van der Waals surface area contributed by atoms with Crippen molar-refractivity contribution in [1.82, 2.24) is 30.1 Å². The smallest absolute Gasteiger partial charge is 0.241 e. The lowest BCUT2D eigenvalue weighted by molar-refractivity contribution is -0.122. The van der Waals surface area contributed by atoms with Crippen LogP contribution < -0.4 is 10.6 Å². The van der Waals surface area contributed by atoms with Gasteiger partial charge in [-0.2, -0.15) is 5.10 Å². The number of hydrogen-bond donors (Lipinski definition) is 2. The number of nitrogens with zero attached hydrogens (tertiary/aromatic N) is 5. The average Bonchev–Trinajstić information content (AvgIpc) is 2.94. The molecule has 0 saturated heterocycles. The van der Waals surface area contributed by atoms with Gasteiger partial charge >= 0.3 is 0 Å². The van der Waals surface area contributed by atoms with E-state index in [0.29, 0.717) is 12.6 Å². The van der Waals surface area contributed by atoms with Crippen LogP contribution >= 0.6 is 0 Å². The lowest BCUT2D eigenvalue weighted by Crippen LogP contribution is -2.29. The van der Waals surface area contributed by atoms with E-state index in [2.05, 4.69) is 26.0 Å². The minimum Gasteiger partial charge on any atom is -0.377 e. The van der Waals surface area contributed by atoms with Crippen molar-refractivity contribution < 1.29 is 4.79 Å². The molecule has 1 saturated carbocycles. The predicted molar refractivity (Wildman–Crippen MR) is 71.7 cm³/mol. The maximum atomic E-state index is 11.6. The Balaban J connectivity index is 1.49. The fourth-order valence-corrected chi connectivity index (χ4v) is 1.86. The van der Waals surface area contributed by atoms with Crippen LogP contribution in [-0.2, 0) is 24.9 Å². The first-order valence-corrected chi connectivity index (χ1v) is 6.60. The number of carbonyl (C=O) groups is 1. The number of amides is 1. The molecular weight excluding hydrogens is 258 g/mol. The van der Waals surface area contributed by atoms with Gasteiger partial charge in [0.1, 0.15) is 12.2 Å². The second kappa shape index (κ2) is 5.32. The molecule has 1 fully saturated rings. The van der Waals surface area contributed by atoms with Gasteiger partial charge in [-0.3, -0.25) is 14.2 Å². The van der Waals surface area contributed by atoms with Crippen molar-refractivity contribution in [3.63, 3.8) is 0 Å². The fourth-order valence-electron chi connectivity index (χ4n) is 1.86. The monoisotopic (exact) mass is 275 g/mol. The van der Waals surface area contributed by atoms with Crippen molar-refractivity contribution in [3.05, 3.63) is 24.3 Å². The van der Waals surface area contributed by atoms with E-state index in [-0.39, 0.29) is 12.5 Å². The van der Waals surface area contributed by atoms with Crippen LogP contribution in [0.1, 0.15) is 18.5 Å². The second-order valence-corrected chi connectivity index (χ2v) is 5.01. The Kier molecular flexibility index (Phi) is 3.36. The molecule has 8 nitrogen and oxygen atoms in total. The third kappa shape index (κ3) is 3.34. The quantitative estimate of drug-likeness (QED) is 0.768. The molecule has 0 aromatic carbocycles. The first-order chi connectivity index (χ1) is 9.69. The zero-order chi connectivity index (χ0) is 13.9. The van der Waals surface area contributed by atoms with Gasteiger partial charge in [-0.1, -0.05) is 5.21 Å². The summed E-state index contributed by atoms with van der Waals surface area (Å²) in [7, 11) is 1.83. The van der Waals surface area contributed by atoms with Gasteiger partial charge in [0.25, 0.3) is 0 Å². The van der Waals surface area contributed by atoms with Crippen molar-refractivity contribution in [3.8, 4) is 0 Å². The standard InChI is InChI=1S/C12H17N7O/c1-18-6-11(16-17-18)4-13-10-5-14-19(7-10)8-12(20)15-9-2-3-9/h5-7,9,13H,2-4,8H2,1H3,(H,15,20). The minimum atomic E-state index is 0.0103. The molecule has 1 aliphatic rings. The van der Waals surface area contributed by atoms with Crippen LogP contribution in [0.2, 0.25) is 0 Å². The van der Waals surface area contributed by atoms with E-state index in [1.807, 2.05) is 19.4 Å². The van der Waals surface area contributed by atoms with Crippen molar-refractivity contribution in [2.24, 2.45) is 7.05 Å². The molecule has 2 aromatic rings. The highest BCUT2D eigenvalue weighted by atomic mass is 16.2. The van der Waals surface area contributed by atoms with Crippen molar-refractivity contribution in [2.45, 2.75) is 32.0 Å². The maximum absolute atomic E-state index is 11.6. The summed E-state index contributed by atoms with van der Waals surface area (Å²) in [6.07, 6.45) is 7.54. The van der Waals surface area contributed by atoms with Crippen molar-refractivity contribution in [1.29, 1.82) is 0 Å². The molecule has 0 spiro atoms. The topological polar surface area (TPSA) is 89.7 Å².